The molecule has 0 amide bonds. The van der Waals surface area contributed by atoms with Gasteiger partial charge < -0.3 is 14.8 Å². The van der Waals surface area contributed by atoms with Gasteiger partial charge in [-0.05, 0) is 50.6 Å². The van der Waals surface area contributed by atoms with Gasteiger partial charge in [0.25, 0.3) is 0 Å². The van der Waals surface area contributed by atoms with Gasteiger partial charge in [0, 0.05) is 19.3 Å². The number of fused-ring (bicyclic) bond motifs is 1. The van der Waals surface area contributed by atoms with Gasteiger partial charge >= 0.3 is 0 Å². The number of aryl methyl sites for hydroxylation is 1. The first-order valence-electron chi connectivity index (χ1n) is 7.14. The Hall–Kier alpha value is -1.32. The van der Waals surface area contributed by atoms with Crippen molar-refractivity contribution in [3.8, 4) is 0 Å². The predicted octanol–water partition coefficient (Wildman–Crippen LogP) is 2.70. The Morgan fingerprint density at radius 2 is 2.05 bits per heavy atom. The van der Waals surface area contributed by atoms with Crippen molar-refractivity contribution in [2.24, 2.45) is 0 Å². The van der Waals surface area contributed by atoms with Crippen LogP contribution in [0.2, 0.25) is 0 Å². The quantitative estimate of drug-likeness (QED) is 0.825. The summed E-state index contributed by atoms with van der Waals surface area (Å²) in [5.74, 6) is 0. The third-order valence-corrected chi connectivity index (χ3v) is 3.44. The molecule has 3 heteroatoms. The van der Waals surface area contributed by atoms with Gasteiger partial charge in [-0.2, -0.15) is 0 Å². The highest BCUT2D eigenvalue weighted by molar-refractivity contribution is 5.83. The Kier molecular flexibility index (Phi) is 5.00. The first kappa shape index (κ1) is 14.1. The number of nitrogens with zero attached hydrogens (tertiary/aromatic N) is 2. The fourth-order valence-electron chi connectivity index (χ4n) is 2.49. The maximum atomic E-state index is 3.43. The average Bonchev–Trinajstić information content (AvgIpc) is 2.80. The van der Waals surface area contributed by atoms with E-state index in [-0.39, 0.29) is 0 Å². The van der Waals surface area contributed by atoms with Gasteiger partial charge in [-0.25, -0.2) is 0 Å². The first-order chi connectivity index (χ1) is 9.22. The number of para-hydroxylation sites is 1. The summed E-state index contributed by atoms with van der Waals surface area (Å²) in [6.45, 7) is 6.33. The summed E-state index contributed by atoms with van der Waals surface area (Å²) in [7, 11) is 4.26. The zero-order valence-electron chi connectivity index (χ0n) is 12.3. The number of rotatable bonds is 7. The molecule has 19 heavy (non-hydrogen) atoms. The number of aromatic nitrogens is 1. The van der Waals surface area contributed by atoms with E-state index in [9.17, 15) is 0 Å². The minimum Gasteiger partial charge on any atom is -0.347 e. The van der Waals surface area contributed by atoms with Crippen molar-refractivity contribution in [1.29, 1.82) is 0 Å². The molecule has 0 aliphatic heterocycles. The zero-order chi connectivity index (χ0) is 13.7. The molecule has 1 aromatic heterocycles. The van der Waals surface area contributed by atoms with E-state index >= 15 is 0 Å². The third kappa shape index (κ3) is 3.58. The molecule has 0 saturated carbocycles. The molecule has 2 rings (SSSR count). The Bertz CT molecular complexity index is 514. The molecule has 0 aliphatic rings. The van der Waals surface area contributed by atoms with Gasteiger partial charge in [-0.1, -0.05) is 25.1 Å². The van der Waals surface area contributed by atoms with Gasteiger partial charge in [0.15, 0.2) is 0 Å². The molecule has 1 N–H and O–H groups in total. The van der Waals surface area contributed by atoms with Crippen molar-refractivity contribution >= 4 is 10.9 Å². The highest BCUT2D eigenvalue weighted by Crippen LogP contribution is 2.20. The van der Waals surface area contributed by atoms with Crippen LogP contribution in [0.3, 0.4) is 0 Å². The Labute approximate surface area is 116 Å². The summed E-state index contributed by atoms with van der Waals surface area (Å²) < 4.78 is 2.39. The molecule has 0 radical (unpaired) electrons. The molecule has 0 spiro atoms. The molecule has 0 unspecified atom stereocenters. The van der Waals surface area contributed by atoms with Crippen LogP contribution in [0.25, 0.3) is 10.9 Å². The number of nitrogens with one attached hydrogen (secondary N) is 1. The van der Waals surface area contributed by atoms with E-state index in [0.717, 1.165) is 26.2 Å². The van der Waals surface area contributed by atoms with Crippen molar-refractivity contribution in [3.63, 3.8) is 0 Å². The topological polar surface area (TPSA) is 20.2 Å². The van der Waals surface area contributed by atoms with Crippen molar-refractivity contribution in [2.45, 2.75) is 26.4 Å². The van der Waals surface area contributed by atoms with E-state index in [0.29, 0.717) is 0 Å². The van der Waals surface area contributed by atoms with E-state index in [1.165, 1.54) is 22.9 Å². The van der Waals surface area contributed by atoms with Crippen molar-refractivity contribution in [1.82, 2.24) is 14.8 Å². The molecule has 0 saturated heterocycles. The fraction of sp³-hybridized carbons (Fsp3) is 0.500. The highest BCUT2D eigenvalue weighted by atomic mass is 15.1. The maximum Gasteiger partial charge on any atom is 0.0525 e. The molecular weight excluding hydrogens is 234 g/mol. The van der Waals surface area contributed by atoms with Gasteiger partial charge in [-0.3, -0.25) is 0 Å². The van der Waals surface area contributed by atoms with Crippen LogP contribution in [0.1, 0.15) is 18.9 Å². The zero-order valence-corrected chi connectivity index (χ0v) is 12.3. The summed E-state index contributed by atoms with van der Waals surface area (Å²) >= 11 is 0. The van der Waals surface area contributed by atoms with Crippen LogP contribution in [0.5, 0.6) is 0 Å². The normalized spacial score (nSPS) is 11.6. The smallest absolute Gasteiger partial charge is 0.0525 e. The van der Waals surface area contributed by atoms with Crippen LogP contribution < -0.4 is 5.32 Å². The molecule has 0 fully saturated rings. The molecule has 104 valence electrons. The Morgan fingerprint density at radius 1 is 1.21 bits per heavy atom. The lowest BCUT2D eigenvalue weighted by atomic mass is 10.1. The molecule has 0 atom stereocenters. The standard InChI is InChI=1S/C16H25N3/c1-4-17-13-15-8-5-7-14-9-12-19(16(14)15)11-6-10-18(2)3/h5,7-9,12,17H,4,6,10-11,13H2,1-3H3. The second-order valence-corrected chi connectivity index (χ2v) is 5.30. The summed E-state index contributed by atoms with van der Waals surface area (Å²) in [4.78, 5) is 2.24. The van der Waals surface area contributed by atoms with Crippen molar-refractivity contribution in [2.75, 3.05) is 27.2 Å². The largest absolute Gasteiger partial charge is 0.347 e. The minimum atomic E-state index is 0.950. The van der Waals surface area contributed by atoms with Crippen LogP contribution in [-0.2, 0) is 13.1 Å². The van der Waals surface area contributed by atoms with Crippen molar-refractivity contribution in [3.05, 3.63) is 36.0 Å². The summed E-state index contributed by atoms with van der Waals surface area (Å²) in [6, 6.07) is 8.81. The predicted molar refractivity (Wildman–Crippen MR) is 82.5 cm³/mol. The third-order valence-electron chi connectivity index (χ3n) is 3.44. The maximum absolute atomic E-state index is 3.43. The van der Waals surface area contributed by atoms with Crippen LogP contribution in [0.4, 0.5) is 0 Å². The molecule has 2 aromatic rings. The second kappa shape index (κ2) is 6.73. The number of hydrogen-bond acceptors (Lipinski definition) is 2. The fourth-order valence-corrected chi connectivity index (χ4v) is 2.49. The van der Waals surface area contributed by atoms with E-state index in [4.69, 9.17) is 0 Å². The van der Waals surface area contributed by atoms with Crippen LogP contribution in [0, 0.1) is 0 Å². The first-order valence-corrected chi connectivity index (χ1v) is 7.14. The van der Waals surface area contributed by atoms with E-state index < -0.39 is 0 Å². The number of benzene rings is 1. The molecule has 1 aromatic carbocycles. The van der Waals surface area contributed by atoms with Crippen LogP contribution in [-0.4, -0.2) is 36.7 Å². The van der Waals surface area contributed by atoms with Crippen LogP contribution in [0.15, 0.2) is 30.5 Å². The second-order valence-electron chi connectivity index (χ2n) is 5.30. The molecule has 1 heterocycles. The monoisotopic (exact) mass is 259 g/mol. The molecular formula is C16H25N3. The van der Waals surface area contributed by atoms with Gasteiger partial charge in [0.1, 0.15) is 0 Å². The summed E-state index contributed by atoms with van der Waals surface area (Å²) in [5.41, 5.74) is 2.79. The Morgan fingerprint density at radius 3 is 2.79 bits per heavy atom. The summed E-state index contributed by atoms with van der Waals surface area (Å²) in [5, 5.41) is 4.77. The summed E-state index contributed by atoms with van der Waals surface area (Å²) in [6.07, 6.45) is 3.40. The molecule has 0 bridgehead atoms. The van der Waals surface area contributed by atoms with Gasteiger partial charge in [-0.15, -0.1) is 0 Å². The van der Waals surface area contributed by atoms with E-state index in [1.807, 2.05) is 0 Å². The molecule has 0 aliphatic carbocycles. The lowest BCUT2D eigenvalue weighted by molar-refractivity contribution is 0.388. The lowest BCUT2D eigenvalue weighted by Crippen LogP contribution is -2.15. The SMILES string of the molecule is CCNCc1cccc2ccn(CCCN(C)C)c12. The Balaban J connectivity index is 2.18. The highest BCUT2D eigenvalue weighted by Gasteiger charge is 2.06. The van der Waals surface area contributed by atoms with E-state index in [1.54, 1.807) is 0 Å². The average molecular weight is 259 g/mol. The van der Waals surface area contributed by atoms with Gasteiger partial charge in [0.05, 0.1) is 5.52 Å². The number of hydrogen-bond donors (Lipinski definition) is 1. The van der Waals surface area contributed by atoms with Crippen molar-refractivity contribution < 1.29 is 0 Å². The van der Waals surface area contributed by atoms with Gasteiger partial charge in [0.2, 0.25) is 0 Å². The molecule has 3 nitrogen and oxygen atoms in total. The van der Waals surface area contributed by atoms with Crippen LogP contribution >= 0.6 is 0 Å². The minimum absolute atomic E-state index is 0.950. The van der Waals surface area contributed by atoms with E-state index in [2.05, 4.69) is 66.3 Å². The lowest BCUT2D eigenvalue weighted by Gasteiger charge is -2.12.